The van der Waals surface area contributed by atoms with Gasteiger partial charge in [0.25, 0.3) is 0 Å². The highest BCUT2D eigenvalue weighted by Gasteiger charge is 2.27. The van der Waals surface area contributed by atoms with Gasteiger partial charge in [0.15, 0.2) is 5.78 Å². The van der Waals surface area contributed by atoms with E-state index < -0.39 is 0 Å². The molecule has 0 aliphatic heterocycles. The van der Waals surface area contributed by atoms with E-state index in [1.165, 1.54) is 6.42 Å². The molecule has 3 heterocycles. The third kappa shape index (κ3) is 2.77. The molecule has 0 spiro atoms. The summed E-state index contributed by atoms with van der Waals surface area (Å²) in [6, 6.07) is 11.5. The van der Waals surface area contributed by atoms with Crippen molar-refractivity contribution in [2.45, 2.75) is 32.1 Å². The summed E-state index contributed by atoms with van der Waals surface area (Å²) in [5.41, 5.74) is 1.30. The number of aromatic nitrogens is 3. The molecule has 122 valence electrons. The van der Waals surface area contributed by atoms with Crippen molar-refractivity contribution in [3.8, 4) is 0 Å². The van der Waals surface area contributed by atoms with Crippen LogP contribution in [0.4, 0.5) is 11.6 Å². The summed E-state index contributed by atoms with van der Waals surface area (Å²) >= 11 is 0. The molecule has 1 aliphatic rings. The Balaban J connectivity index is 1.76. The van der Waals surface area contributed by atoms with Crippen molar-refractivity contribution in [3.05, 3.63) is 54.5 Å². The lowest BCUT2D eigenvalue weighted by atomic mass is 9.85. The van der Waals surface area contributed by atoms with Crippen molar-refractivity contribution < 1.29 is 4.79 Å². The summed E-state index contributed by atoms with van der Waals surface area (Å²) in [6.45, 7) is 0. The number of fused-ring (bicyclic) bond motifs is 1. The monoisotopic (exact) mass is 320 g/mol. The van der Waals surface area contributed by atoms with Crippen molar-refractivity contribution in [2.24, 2.45) is 5.92 Å². The maximum Gasteiger partial charge on any atom is 0.188 e. The summed E-state index contributed by atoms with van der Waals surface area (Å²) in [7, 11) is 0. The Morgan fingerprint density at radius 2 is 1.92 bits per heavy atom. The first-order valence-corrected chi connectivity index (χ1v) is 8.52. The van der Waals surface area contributed by atoms with E-state index in [1.807, 2.05) is 47.0 Å². The van der Waals surface area contributed by atoms with Crippen molar-refractivity contribution in [3.63, 3.8) is 0 Å². The lowest BCUT2D eigenvalue weighted by Crippen LogP contribution is -2.19. The van der Waals surface area contributed by atoms with Crippen LogP contribution in [0.15, 0.2) is 48.8 Å². The standard InChI is InChI=1S/C19H20N4O/c24-18(14-8-2-1-3-9-14)17-19(21-15-10-4-6-12-20-15)23-13-7-5-11-16(23)22-17/h4-7,10-14H,1-3,8-9H2,(H,20,21). The fourth-order valence-corrected chi connectivity index (χ4v) is 3.40. The number of ketones is 1. The van der Waals surface area contributed by atoms with Crippen LogP contribution in [0.2, 0.25) is 0 Å². The van der Waals surface area contributed by atoms with Crippen LogP contribution in [0, 0.1) is 5.92 Å². The Labute approximate surface area is 140 Å². The normalized spacial score (nSPS) is 15.5. The van der Waals surface area contributed by atoms with E-state index >= 15 is 0 Å². The minimum Gasteiger partial charge on any atom is -0.324 e. The quantitative estimate of drug-likeness (QED) is 0.731. The molecule has 1 N–H and O–H groups in total. The summed E-state index contributed by atoms with van der Waals surface area (Å²) in [5, 5.41) is 3.28. The molecule has 0 unspecified atom stereocenters. The minimum atomic E-state index is 0.0907. The number of carbonyl (C=O) groups excluding carboxylic acids is 1. The van der Waals surface area contributed by atoms with Gasteiger partial charge in [0.2, 0.25) is 0 Å². The lowest BCUT2D eigenvalue weighted by Gasteiger charge is -2.19. The van der Waals surface area contributed by atoms with E-state index in [4.69, 9.17) is 0 Å². The molecule has 0 saturated heterocycles. The number of hydrogen-bond donors (Lipinski definition) is 1. The average Bonchev–Trinajstić information content (AvgIpc) is 3.01. The van der Waals surface area contributed by atoms with Gasteiger partial charge in [-0.25, -0.2) is 9.97 Å². The second kappa shape index (κ2) is 6.43. The zero-order chi connectivity index (χ0) is 16.4. The Morgan fingerprint density at radius 3 is 2.71 bits per heavy atom. The van der Waals surface area contributed by atoms with Crippen LogP contribution in [0.5, 0.6) is 0 Å². The Morgan fingerprint density at radius 1 is 1.08 bits per heavy atom. The highest BCUT2D eigenvalue weighted by atomic mass is 16.1. The first-order chi connectivity index (χ1) is 11.8. The number of nitrogens with one attached hydrogen (secondary N) is 1. The molecule has 5 nitrogen and oxygen atoms in total. The number of Topliss-reactive ketones (excluding diaryl/α,β-unsaturated/α-hetero) is 1. The molecule has 0 aromatic carbocycles. The van der Waals surface area contributed by atoms with Crippen molar-refractivity contribution in [1.82, 2.24) is 14.4 Å². The SMILES string of the molecule is O=C(c1nc2ccccn2c1Nc1ccccn1)C1CCCCC1. The van der Waals surface area contributed by atoms with Crippen LogP contribution in [0.1, 0.15) is 42.6 Å². The number of anilines is 2. The summed E-state index contributed by atoms with van der Waals surface area (Å²) in [5.74, 6) is 1.66. The first-order valence-electron chi connectivity index (χ1n) is 8.52. The van der Waals surface area contributed by atoms with Gasteiger partial charge in [0.05, 0.1) is 0 Å². The van der Waals surface area contributed by atoms with Gasteiger partial charge in [0, 0.05) is 18.3 Å². The van der Waals surface area contributed by atoms with Crippen LogP contribution in [-0.2, 0) is 0 Å². The molecule has 0 radical (unpaired) electrons. The van der Waals surface area contributed by atoms with E-state index in [-0.39, 0.29) is 11.7 Å². The fourth-order valence-electron chi connectivity index (χ4n) is 3.40. The number of nitrogens with zero attached hydrogens (tertiary/aromatic N) is 3. The van der Waals surface area contributed by atoms with Crippen LogP contribution < -0.4 is 5.32 Å². The predicted molar refractivity (Wildman–Crippen MR) is 93.6 cm³/mol. The molecule has 0 atom stereocenters. The van der Waals surface area contributed by atoms with Gasteiger partial charge in [-0.15, -0.1) is 0 Å². The molecule has 0 amide bonds. The zero-order valence-electron chi connectivity index (χ0n) is 13.5. The maximum atomic E-state index is 13.0. The van der Waals surface area contributed by atoms with Crippen LogP contribution in [0.3, 0.4) is 0 Å². The van der Waals surface area contributed by atoms with Crippen LogP contribution >= 0.6 is 0 Å². The Hall–Kier alpha value is -2.69. The number of imidazole rings is 1. The van der Waals surface area contributed by atoms with Gasteiger partial charge in [0.1, 0.15) is 23.0 Å². The molecular weight excluding hydrogens is 300 g/mol. The highest BCUT2D eigenvalue weighted by Crippen LogP contribution is 2.30. The topological polar surface area (TPSA) is 59.3 Å². The second-order valence-electron chi connectivity index (χ2n) is 6.28. The average molecular weight is 320 g/mol. The van der Waals surface area contributed by atoms with Crippen molar-refractivity contribution >= 4 is 23.1 Å². The number of rotatable bonds is 4. The molecular formula is C19H20N4O. The van der Waals surface area contributed by atoms with Gasteiger partial charge < -0.3 is 5.32 Å². The lowest BCUT2D eigenvalue weighted by molar-refractivity contribution is 0.0886. The summed E-state index contributed by atoms with van der Waals surface area (Å²) < 4.78 is 1.92. The fraction of sp³-hybridized carbons (Fsp3) is 0.316. The Bertz CT molecular complexity index is 850. The molecule has 0 bridgehead atoms. The van der Waals surface area contributed by atoms with Gasteiger partial charge >= 0.3 is 0 Å². The summed E-state index contributed by atoms with van der Waals surface area (Å²) in [6.07, 6.45) is 9.08. The van der Waals surface area contributed by atoms with Crippen molar-refractivity contribution in [1.29, 1.82) is 0 Å². The molecule has 4 rings (SSSR count). The molecule has 3 aromatic rings. The van der Waals surface area contributed by atoms with Gasteiger partial charge in [-0.2, -0.15) is 0 Å². The maximum absolute atomic E-state index is 13.0. The molecule has 24 heavy (non-hydrogen) atoms. The van der Waals surface area contributed by atoms with Crippen molar-refractivity contribution in [2.75, 3.05) is 5.32 Å². The predicted octanol–water partition coefficient (Wildman–Crippen LogP) is 4.24. The van der Waals surface area contributed by atoms with Gasteiger partial charge in [-0.05, 0) is 37.1 Å². The molecule has 3 aromatic heterocycles. The third-order valence-electron chi connectivity index (χ3n) is 4.65. The highest BCUT2D eigenvalue weighted by molar-refractivity contribution is 6.01. The first kappa shape index (κ1) is 14.9. The minimum absolute atomic E-state index is 0.0907. The van der Waals surface area contributed by atoms with E-state index in [2.05, 4.69) is 15.3 Å². The molecule has 1 saturated carbocycles. The number of carbonyl (C=O) groups is 1. The number of hydrogen-bond acceptors (Lipinski definition) is 4. The van der Waals surface area contributed by atoms with Crippen LogP contribution in [-0.4, -0.2) is 20.2 Å². The molecule has 5 heteroatoms. The van der Waals surface area contributed by atoms with E-state index in [9.17, 15) is 4.79 Å². The summed E-state index contributed by atoms with van der Waals surface area (Å²) in [4.78, 5) is 22.0. The zero-order valence-corrected chi connectivity index (χ0v) is 13.5. The van der Waals surface area contributed by atoms with Crippen LogP contribution in [0.25, 0.3) is 5.65 Å². The second-order valence-corrected chi connectivity index (χ2v) is 6.28. The van der Waals surface area contributed by atoms with Gasteiger partial charge in [-0.1, -0.05) is 31.4 Å². The largest absolute Gasteiger partial charge is 0.324 e. The number of pyridine rings is 2. The van der Waals surface area contributed by atoms with E-state index in [0.29, 0.717) is 17.3 Å². The smallest absolute Gasteiger partial charge is 0.188 e. The van der Waals surface area contributed by atoms with E-state index in [0.717, 1.165) is 31.3 Å². The molecule has 1 fully saturated rings. The third-order valence-corrected chi connectivity index (χ3v) is 4.65. The van der Waals surface area contributed by atoms with Gasteiger partial charge in [-0.3, -0.25) is 9.20 Å². The molecule has 1 aliphatic carbocycles. The Kier molecular flexibility index (Phi) is 3.99. The van der Waals surface area contributed by atoms with E-state index in [1.54, 1.807) is 6.20 Å².